The minimum Gasteiger partial charge on any atom is -0.341 e. The van der Waals surface area contributed by atoms with Gasteiger partial charge in [-0.1, -0.05) is 34.6 Å². The number of likely N-dealkylation sites (tertiary alicyclic amines) is 1. The molecule has 1 fully saturated rings. The van der Waals surface area contributed by atoms with Gasteiger partial charge in [0.15, 0.2) is 0 Å². The van der Waals surface area contributed by atoms with Crippen LogP contribution in [-0.2, 0) is 4.79 Å². The Bertz CT molecular complexity index is 278. The highest BCUT2D eigenvalue weighted by atomic mass is 16.2. The standard InChI is InChI=1S/C14H28N2O/c1-13(2,3)11(15)12(17)16-9-6-7-14(4,5)8-10-16/h11H,6-10,15H2,1-5H3. The van der Waals surface area contributed by atoms with Crippen LogP contribution in [0.15, 0.2) is 0 Å². The van der Waals surface area contributed by atoms with Crippen LogP contribution in [0.25, 0.3) is 0 Å². The number of nitrogens with two attached hydrogens (primary N) is 1. The molecule has 0 saturated carbocycles. The Hall–Kier alpha value is -0.570. The lowest BCUT2D eigenvalue weighted by molar-refractivity contribution is -0.134. The SMILES string of the molecule is CC1(C)CCCN(C(=O)C(N)C(C)(C)C)CC1. The molecule has 1 saturated heterocycles. The summed E-state index contributed by atoms with van der Waals surface area (Å²) in [6, 6.07) is -0.385. The van der Waals surface area contributed by atoms with Gasteiger partial charge in [-0.25, -0.2) is 0 Å². The van der Waals surface area contributed by atoms with Gasteiger partial charge in [-0.05, 0) is 30.1 Å². The fraction of sp³-hybridized carbons (Fsp3) is 0.929. The maximum Gasteiger partial charge on any atom is 0.240 e. The van der Waals surface area contributed by atoms with Crippen LogP contribution in [0.2, 0.25) is 0 Å². The third-order valence-electron chi connectivity index (χ3n) is 3.85. The van der Waals surface area contributed by atoms with Gasteiger partial charge >= 0.3 is 0 Å². The van der Waals surface area contributed by atoms with E-state index >= 15 is 0 Å². The molecule has 3 heteroatoms. The Balaban J connectivity index is 2.65. The lowest BCUT2D eigenvalue weighted by Crippen LogP contribution is -2.50. The summed E-state index contributed by atoms with van der Waals surface area (Å²) in [4.78, 5) is 14.3. The van der Waals surface area contributed by atoms with Gasteiger partial charge < -0.3 is 10.6 Å². The lowest BCUT2D eigenvalue weighted by Gasteiger charge is -2.31. The van der Waals surface area contributed by atoms with E-state index in [4.69, 9.17) is 5.73 Å². The molecule has 1 amide bonds. The molecule has 1 aliphatic rings. The van der Waals surface area contributed by atoms with E-state index in [2.05, 4.69) is 13.8 Å². The van der Waals surface area contributed by atoms with Crippen molar-refractivity contribution in [3.8, 4) is 0 Å². The molecule has 0 bridgehead atoms. The summed E-state index contributed by atoms with van der Waals surface area (Å²) in [6.45, 7) is 12.4. The van der Waals surface area contributed by atoms with Crippen molar-refractivity contribution in [2.45, 2.75) is 59.9 Å². The van der Waals surface area contributed by atoms with Gasteiger partial charge in [-0.3, -0.25) is 4.79 Å². The first-order chi connectivity index (χ1) is 7.63. The van der Waals surface area contributed by atoms with Crippen LogP contribution in [0.5, 0.6) is 0 Å². The van der Waals surface area contributed by atoms with Crippen molar-refractivity contribution in [3.05, 3.63) is 0 Å². The van der Waals surface area contributed by atoms with E-state index in [1.165, 1.54) is 6.42 Å². The first kappa shape index (κ1) is 14.5. The molecule has 1 aliphatic heterocycles. The highest BCUT2D eigenvalue weighted by Gasteiger charge is 2.33. The summed E-state index contributed by atoms with van der Waals surface area (Å²) < 4.78 is 0. The van der Waals surface area contributed by atoms with Gasteiger partial charge in [-0.15, -0.1) is 0 Å². The maximum atomic E-state index is 12.3. The Morgan fingerprint density at radius 2 is 1.82 bits per heavy atom. The highest BCUT2D eigenvalue weighted by molar-refractivity contribution is 5.82. The van der Waals surface area contributed by atoms with E-state index in [1.807, 2.05) is 25.7 Å². The van der Waals surface area contributed by atoms with Gasteiger partial charge in [0.25, 0.3) is 0 Å². The van der Waals surface area contributed by atoms with Gasteiger partial charge in [0.1, 0.15) is 0 Å². The summed E-state index contributed by atoms with van der Waals surface area (Å²) in [5, 5.41) is 0. The monoisotopic (exact) mass is 240 g/mol. The minimum absolute atomic E-state index is 0.121. The van der Waals surface area contributed by atoms with Crippen molar-refractivity contribution in [3.63, 3.8) is 0 Å². The van der Waals surface area contributed by atoms with Crippen LogP contribution in [-0.4, -0.2) is 29.9 Å². The average molecular weight is 240 g/mol. The molecule has 17 heavy (non-hydrogen) atoms. The summed E-state index contributed by atoms with van der Waals surface area (Å²) in [6.07, 6.45) is 3.37. The summed E-state index contributed by atoms with van der Waals surface area (Å²) >= 11 is 0. The molecule has 0 aliphatic carbocycles. The van der Waals surface area contributed by atoms with Crippen molar-refractivity contribution in [2.24, 2.45) is 16.6 Å². The third kappa shape index (κ3) is 3.98. The molecule has 0 spiro atoms. The minimum atomic E-state index is -0.385. The van der Waals surface area contributed by atoms with Crippen molar-refractivity contribution in [1.82, 2.24) is 4.90 Å². The Kier molecular flexibility index (Phi) is 4.23. The van der Waals surface area contributed by atoms with Gasteiger partial charge in [0.2, 0.25) is 5.91 Å². The van der Waals surface area contributed by atoms with Crippen LogP contribution < -0.4 is 5.73 Å². The number of rotatable bonds is 1. The fourth-order valence-corrected chi connectivity index (χ4v) is 2.21. The molecule has 100 valence electrons. The normalized spacial score (nSPS) is 23.1. The van der Waals surface area contributed by atoms with E-state index in [9.17, 15) is 4.79 Å². The van der Waals surface area contributed by atoms with Crippen LogP contribution >= 0.6 is 0 Å². The number of carbonyl (C=O) groups is 1. The second-order valence-corrected chi connectivity index (χ2v) is 7.19. The van der Waals surface area contributed by atoms with Gasteiger partial charge in [0, 0.05) is 13.1 Å². The van der Waals surface area contributed by atoms with Crippen molar-refractivity contribution >= 4 is 5.91 Å². The molecule has 1 heterocycles. The lowest BCUT2D eigenvalue weighted by atomic mass is 9.85. The predicted molar refractivity (Wildman–Crippen MR) is 71.6 cm³/mol. The molecule has 0 aromatic rings. The molecular formula is C14H28N2O. The molecule has 2 N–H and O–H groups in total. The molecule has 0 aromatic carbocycles. The largest absolute Gasteiger partial charge is 0.341 e. The number of carbonyl (C=O) groups excluding carboxylic acids is 1. The van der Waals surface area contributed by atoms with E-state index in [-0.39, 0.29) is 17.4 Å². The molecular weight excluding hydrogens is 212 g/mol. The Morgan fingerprint density at radius 3 is 2.35 bits per heavy atom. The highest BCUT2D eigenvalue weighted by Crippen LogP contribution is 2.30. The van der Waals surface area contributed by atoms with Crippen molar-refractivity contribution in [2.75, 3.05) is 13.1 Å². The Labute approximate surface area is 106 Å². The van der Waals surface area contributed by atoms with Crippen molar-refractivity contribution < 1.29 is 4.79 Å². The van der Waals surface area contributed by atoms with E-state index < -0.39 is 0 Å². The van der Waals surface area contributed by atoms with E-state index in [0.717, 1.165) is 25.9 Å². The van der Waals surface area contributed by atoms with Gasteiger partial charge in [-0.2, -0.15) is 0 Å². The first-order valence-electron chi connectivity index (χ1n) is 6.68. The third-order valence-corrected chi connectivity index (χ3v) is 3.85. The van der Waals surface area contributed by atoms with E-state index in [1.54, 1.807) is 0 Å². The quantitative estimate of drug-likeness (QED) is 0.765. The second kappa shape index (κ2) is 4.97. The zero-order valence-electron chi connectivity index (χ0n) is 12.0. The number of nitrogens with zero attached hydrogens (tertiary/aromatic N) is 1. The molecule has 0 radical (unpaired) electrons. The van der Waals surface area contributed by atoms with E-state index in [0.29, 0.717) is 5.41 Å². The molecule has 1 rings (SSSR count). The average Bonchev–Trinajstić information content (AvgIpc) is 2.36. The zero-order valence-corrected chi connectivity index (χ0v) is 12.0. The maximum absolute atomic E-state index is 12.3. The first-order valence-corrected chi connectivity index (χ1v) is 6.68. The fourth-order valence-electron chi connectivity index (χ4n) is 2.21. The Morgan fingerprint density at radius 1 is 1.24 bits per heavy atom. The van der Waals surface area contributed by atoms with Crippen LogP contribution in [0.3, 0.4) is 0 Å². The number of amides is 1. The summed E-state index contributed by atoms with van der Waals surface area (Å²) in [7, 11) is 0. The topological polar surface area (TPSA) is 46.3 Å². The van der Waals surface area contributed by atoms with Crippen molar-refractivity contribution in [1.29, 1.82) is 0 Å². The number of hydrogen-bond acceptors (Lipinski definition) is 2. The summed E-state index contributed by atoms with van der Waals surface area (Å²) in [5.74, 6) is 0.121. The number of hydrogen-bond donors (Lipinski definition) is 1. The molecule has 3 nitrogen and oxygen atoms in total. The summed E-state index contributed by atoms with van der Waals surface area (Å²) in [5.41, 5.74) is 6.26. The van der Waals surface area contributed by atoms with Crippen LogP contribution in [0.1, 0.15) is 53.9 Å². The molecule has 1 atom stereocenters. The predicted octanol–water partition coefficient (Wildman–Crippen LogP) is 2.40. The second-order valence-electron chi connectivity index (χ2n) is 7.19. The molecule has 0 aromatic heterocycles. The van der Waals surface area contributed by atoms with Crippen LogP contribution in [0.4, 0.5) is 0 Å². The smallest absolute Gasteiger partial charge is 0.240 e. The van der Waals surface area contributed by atoms with Gasteiger partial charge in [0.05, 0.1) is 6.04 Å². The zero-order chi connectivity index (χ0) is 13.3. The molecule has 1 unspecified atom stereocenters. The van der Waals surface area contributed by atoms with Crippen LogP contribution in [0, 0.1) is 10.8 Å².